The van der Waals surface area contributed by atoms with Crippen molar-refractivity contribution >= 4 is 12.6 Å². The third kappa shape index (κ3) is 17.9. The van der Waals surface area contributed by atoms with Crippen LogP contribution in [0.2, 0.25) is 0 Å². The van der Waals surface area contributed by atoms with Crippen molar-refractivity contribution in [2.75, 3.05) is 6.26 Å². The molecule has 0 aliphatic heterocycles. The highest BCUT2D eigenvalue weighted by Crippen LogP contribution is 2.10. The van der Waals surface area contributed by atoms with Gasteiger partial charge in [-0.25, -0.2) is 0 Å². The maximum atomic E-state index is 3.53. The van der Waals surface area contributed by atoms with Gasteiger partial charge in [-0.3, -0.25) is 0 Å². The van der Waals surface area contributed by atoms with E-state index in [0.29, 0.717) is 0 Å². The van der Waals surface area contributed by atoms with Crippen molar-refractivity contribution in [1.82, 2.24) is 0 Å². The van der Waals surface area contributed by atoms with Gasteiger partial charge in [0.25, 0.3) is 0 Å². The summed E-state index contributed by atoms with van der Waals surface area (Å²) in [5, 5.41) is 0. The molecule has 0 heterocycles. The highest BCUT2D eigenvalue weighted by atomic mass is 32.1. The van der Waals surface area contributed by atoms with Gasteiger partial charge in [0, 0.05) is 0 Å². The van der Waals surface area contributed by atoms with Crippen LogP contribution >= 0.6 is 12.6 Å². The molecular weight excluding hydrogens is 152 g/mol. The minimum Gasteiger partial charge on any atom is -0.183 e. The lowest BCUT2D eigenvalue weighted by Gasteiger charge is -2.05. The molecule has 0 amide bonds. The van der Waals surface area contributed by atoms with Crippen molar-refractivity contribution in [2.45, 2.75) is 47.0 Å². The van der Waals surface area contributed by atoms with Crippen LogP contribution < -0.4 is 0 Å². The molecule has 0 rings (SSSR count). The maximum absolute atomic E-state index is 3.53. The molecule has 1 heteroatoms. The van der Waals surface area contributed by atoms with Crippen LogP contribution in [-0.4, -0.2) is 6.26 Å². The Bertz CT molecular complexity index is 49.9. The molecule has 0 aromatic heterocycles. The summed E-state index contributed by atoms with van der Waals surface area (Å²) in [6.07, 6.45) is 5.91. The fraction of sp³-hybridized carbons (Fsp3) is 1.00. The van der Waals surface area contributed by atoms with Crippen molar-refractivity contribution < 1.29 is 0 Å². The maximum Gasteiger partial charge on any atom is -0.0215 e. The fourth-order valence-corrected chi connectivity index (χ4v) is 0.934. The Morgan fingerprint density at radius 2 is 1.09 bits per heavy atom. The van der Waals surface area contributed by atoms with Crippen molar-refractivity contribution in [3.63, 3.8) is 0 Å². The first-order valence-corrected chi connectivity index (χ1v) is 5.47. The SMILES string of the molecule is CC(C)CCCC(C)C.CS. The van der Waals surface area contributed by atoms with E-state index in [2.05, 4.69) is 40.3 Å². The van der Waals surface area contributed by atoms with Crippen molar-refractivity contribution in [3.8, 4) is 0 Å². The summed E-state index contributed by atoms with van der Waals surface area (Å²) in [6.45, 7) is 9.17. The number of hydrogen-bond acceptors (Lipinski definition) is 1. The standard InChI is InChI=1S/C9H20.CH4S/c1-8(2)6-5-7-9(3)4;1-2/h8-9H,5-7H2,1-4H3;2H,1H3. The van der Waals surface area contributed by atoms with E-state index in [-0.39, 0.29) is 0 Å². The normalized spacial score (nSPS) is 9.82. The Kier molecular flexibility index (Phi) is 13.1. The van der Waals surface area contributed by atoms with Crippen LogP contribution in [0.25, 0.3) is 0 Å². The summed E-state index contributed by atoms with van der Waals surface area (Å²) in [5.41, 5.74) is 0. The Balaban J connectivity index is 0. The van der Waals surface area contributed by atoms with E-state index in [9.17, 15) is 0 Å². The summed E-state index contributed by atoms with van der Waals surface area (Å²) in [7, 11) is 0. The zero-order valence-electron chi connectivity index (χ0n) is 8.72. The summed E-state index contributed by atoms with van der Waals surface area (Å²) < 4.78 is 0. The first-order chi connectivity index (χ1) is 5.13. The molecule has 0 nitrogen and oxygen atoms in total. The number of hydrogen-bond donors (Lipinski definition) is 1. The van der Waals surface area contributed by atoms with Gasteiger partial charge in [0.1, 0.15) is 0 Å². The van der Waals surface area contributed by atoms with Crippen LogP contribution in [0.5, 0.6) is 0 Å². The Labute approximate surface area is 78.2 Å². The van der Waals surface area contributed by atoms with E-state index in [1.165, 1.54) is 19.3 Å². The average molecular weight is 176 g/mol. The van der Waals surface area contributed by atoms with Gasteiger partial charge in [-0.2, -0.15) is 12.6 Å². The van der Waals surface area contributed by atoms with Gasteiger partial charge in [0.2, 0.25) is 0 Å². The highest BCUT2D eigenvalue weighted by Gasteiger charge is 1.95. The second-order valence-electron chi connectivity index (χ2n) is 3.72. The van der Waals surface area contributed by atoms with Crippen LogP contribution in [0, 0.1) is 11.8 Å². The minimum atomic E-state index is 0.892. The molecule has 0 aromatic carbocycles. The van der Waals surface area contributed by atoms with Crippen LogP contribution in [-0.2, 0) is 0 Å². The predicted octanol–water partition coefficient (Wildman–Crippen LogP) is 4.01. The Hall–Kier alpha value is 0.350. The van der Waals surface area contributed by atoms with E-state index in [4.69, 9.17) is 0 Å². The van der Waals surface area contributed by atoms with Crippen LogP contribution in [0.1, 0.15) is 47.0 Å². The molecule has 0 spiro atoms. The fourth-order valence-electron chi connectivity index (χ4n) is 0.934. The van der Waals surface area contributed by atoms with E-state index in [1.807, 2.05) is 0 Å². The number of thiol groups is 1. The third-order valence-corrected chi connectivity index (χ3v) is 1.56. The van der Waals surface area contributed by atoms with Gasteiger partial charge >= 0.3 is 0 Å². The van der Waals surface area contributed by atoms with Crippen LogP contribution in [0.4, 0.5) is 0 Å². The molecule has 0 aliphatic carbocycles. The molecule has 0 unspecified atom stereocenters. The lowest BCUT2D eigenvalue weighted by atomic mass is 10.0. The Morgan fingerprint density at radius 3 is 1.27 bits per heavy atom. The second kappa shape index (κ2) is 10.3. The van der Waals surface area contributed by atoms with Crippen LogP contribution in [0.15, 0.2) is 0 Å². The lowest BCUT2D eigenvalue weighted by molar-refractivity contribution is 0.480. The summed E-state index contributed by atoms with van der Waals surface area (Å²) >= 11 is 3.53. The smallest absolute Gasteiger partial charge is 0.0215 e. The van der Waals surface area contributed by atoms with Crippen LogP contribution in [0.3, 0.4) is 0 Å². The van der Waals surface area contributed by atoms with Gasteiger partial charge in [-0.15, -0.1) is 0 Å². The highest BCUT2D eigenvalue weighted by molar-refractivity contribution is 7.79. The molecule has 70 valence electrons. The Morgan fingerprint density at radius 1 is 0.818 bits per heavy atom. The third-order valence-electron chi connectivity index (χ3n) is 1.56. The first kappa shape index (κ1) is 13.9. The van der Waals surface area contributed by atoms with Crippen molar-refractivity contribution in [2.24, 2.45) is 11.8 Å². The average Bonchev–Trinajstić information content (AvgIpc) is 1.90. The van der Waals surface area contributed by atoms with Gasteiger partial charge in [-0.1, -0.05) is 47.0 Å². The molecule has 0 radical (unpaired) electrons. The van der Waals surface area contributed by atoms with E-state index in [0.717, 1.165) is 11.8 Å². The molecule has 0 aliphatic rings. The van der Waals surface area contributed by atoms with E-state index >= 15 is 0 Å². The number of rotatable bonds is 4. The van der Waals surface area contributed by atoms with E-state index in [1.54, 1.807) is 6.26 Å². The quantitative estimate of drug-likeness (QED) is 0.615. The van der Waals surface area contributed by atoms with Gasteiger partial charge in [-0.05, 0) is 18.1 Å². The molecule has 0 bridgehead atoms. The van der Waals surface area contributed by atoms with Crippen molar-refractivity contribution in [3.05, 3.63) is 0 Å². The molecule has 0 aromatic rings. The molecule has 0 N–H and O–H groups in total. The zero-order chi connectivity index (χ0) is 9.28. The molecule has 0 saturated heterocycles. The zero-order valence-corrected chi connectivity index (χ0v) is 9.62. The lowest BCUT2D eigenvalue weighted by Crippen LogP contribution is -1.90. The van der Waals surface area contributed by atoms with Crippen molar-refractivity contribution in [1.29, 1.82) is 0 Å². The van der Waals surface area contributed by atoms with Gasteiger partial charge in [0.15, 0.2) is 0 Å². The predicted molar refractivity (Wildman–Crippen MR) is 58.4 cm³/mol. The molecule has 11 heavy (non-hydrogen) atoms. The summed E-state index contributed by atoms with van der Waals surface area (Å²) in [4.78, 5) is 0. The minimum absolute atomic E-state index is 0.892. The largest absolute Gasteiger partial charge is 0.183 e. The van der Waals surface area contributed by atoms with E-state index < -0.39 is 0 Å². The topological polar surface area (TPSA) is 0 Å². The summed E-state index contributed by atoms with van der Waals surface area (Å²) in [6, 6.07) is 0. The second-order valence-corrected chi connectivity index (χ2v) is 3.72. The molecule has 0 saturated carbocycles. The molecule has 0 fully saturated rings. The monoisotopic (exact) mass is 176 g/mol. The summed E-state index contributed by atoms with van der Waals surface area (Å²) in [5.74, 6) is 1.78. The first-order valence-electron chi connectivity index (χ1n) is 4.57. The molecule has 0 atom stereocenters. The van der Waals surface area contributed by atoms with Gasteiger partial charge in [0.05, 0.1) is 0 Å². The molecular formula is C10H24S. The van der Waals surface area contributed by atoms with Gasteiger partial charge < -0.3 is 0 Å².